The van der Waals surface area contributed by atoms with Gasteiger partial charge in [-0.2, -0.15) is 0 Å². The van der Waals surface area contributed by atoms with Crippen molar-refractivity contribution in [2.24, 2.45) is 0 Å². The number of aliphatic hydroxyl groups is 1. The van der Waals surface area contributed by atoms with Crippen molar-refractivity contribution in [3.8, 4) is 0 Å². The third-order valence-corrected chi connectivity index (χ3v) is 4.78. The average molecular weight is 400 g/mol. The molecule has 128 valence electrons. The van der Waals surface area contributed by atoms with E-state index in [0.717, 1.165) is 10.0 Å². The first-order valence-corrected chi connectivity index (χ1v) is 8.69. The van der Waals surface area contributed by atoms with Crippen molar-refractivity contribution in [2.45, 2.75) is 18.9 Å². The van der Waals surface area contributed by atoms with Gasteiger partial charge in [-0.3, -0.25) is 9.59 Å². The number of Topliss-reactive ketones (excluding diaryl/α,β-unsaturated/α-hetero) is 1. The van der Waals surface area contributed by atoms with Gasteiger partial charge >= 0.3 is 0 Å². The predicted octanol–water partition coefficient (Wildman–Crippen LogP) is 3.83. The molecule has 1 aliphatic rings. The van der Waals surface area contributed by atoms with Crippen molar-refractivity contribution in [2.75, 3.05) is 11.4 Å². The fourth-order valence-corrected chi connectivity index (χ4v) is 3.34. The Kier molecular flexibility index (Phi) is 4.62. The minimum Gasteiger partial charge on any atom is -0.375 e. The summed E-state index contributed by atoms with van der Waals surface area (Å²) >= 11 is 3.33. The summed E-state index contributed by atoms with van der Waals surface area (Å²) < 4.78 is 0.859. The molecule has 0 bridgehead atoms. The first kappa shape index (κ1) is 17.6. The van der Waals surface area contributed by atoms with Crippen molar-refractivity contribution in [1.82, 2.24) is 0 Å². The van der Waals surface area contributed by atoms with E-state index in [-0.39, 0.29) is 12.2 Å². The normalized spacial score (nSPS) is 19.0. The summed E-state index contributed by atoms with van der Waals surface area (Å²) in [6.45, 7) is 5.97. The molecular weight excluding hydrogens is 382 g/mol. The number of amides is 1. The van der Waals surface area contributed by atoms with Gasteiger partial charge in [0, 0.05) is 22.1 Å². The van der Waals surface area contributed by atoms with Crippen LogP contribution >= 0.6 is 15.9 Å². The van der Waals surface area contributed by atoms with Crippen molar-refractivity contribution < 1.29 is 14.7 Å². The lowest BCUT2D eigenvalue weighted by Gasteiger charge is -2.23. The molecule has 0 aliphatic carbocycles. The fourth-order valence-electron chi connectivity index (χ4n) is 3.07. The molecule has 2 aromatic rings. The number of carbonyl (C=O) groups excluding carboxylic acids is 2. The highest BCUT2D eigenvalue weighted by atomic mass is 79.9. The van der Waals surface area contributed by atoms with Crippen LogP contribution in [-0.2, 0) is 10.4 Å². The smallest absolute Gasteiger partial charge is 0.264 e. The maximum atomic E-state index is 12.9. The van der Waals surface area contributed by atoms with Gasteiger partial charge in [-0.1, -0.05) is 58.4 Å². The molecule has 3 rings (SSSR count). The minimum atomic E-state index is -1.85. The second-order valence-electron chi connectivity index (χ2n) is 6.33. The number of para-hydroxylation sites is 1. The summed E-state index contributed by atoms with van der Waals surface area (Å²) in [7, 11) is 0. The van der Waals surface area contributed by atoms with Crippen molar-refractivity contribution in [3.63, 3.8) is 0 Å². The van der Waals surface area contributed by atoms with E-state index < -0.39 is 11.5 Å². The lowest BCUT2D eigenvalue weighted by molar-refractivity contribution is -0.135. The van der Waals surface area contributed by atoms with Crippen molar-refractivity contribution in [3.05, 3.63) is 76.3 Å². The summed E-state index contributed by atoms with van der Waals surface area (Å²) in [5.74, 6) is -0.766. The summed E-state index contributed by atoms with van der Waals surface area (Å²) in [6.07, 6.45) is -0.294. The second kappa shape index (κ2) is 6.58. The fraction of sp³-hybridized carbons (Fsp3) is 0.200. The summed E-state index contributed by atoms with van der Waals surface area (Å²) in [5, 5.41) is 11.1. The second-order valence-corrected chi connectivity index (χ2v) is 7.25. The Balaban J connectivity index is 1.96. The number of fused-ring (bicyclic) bond motifs is 1. The largest absolute Gasteiger partial charge is 0.375 e. The number of anilines is 1. The topological polar surface area (TPSA) is 57.6 Å². The van der Waals surface area contributed by atoms with E-state index in [2.05, 4.69) is 22.5 Å². The number of ketones is 1. The SMILES string of the molecule is C=C(C)CN1C(=O)[C@](O)(CC(=O)c2ccc(Br)cc2)c2ccccc21. The van der Waals surface area contributed by atoms with Gasteiger partial charge in [-0.25, -0.2) is 0 Å². The van der Waals surface area contributed by atoms with Crippen LogP contribution in [0.15, 0.2) is 65.2 Å². The molecule has 0 fully saturated rings. The first-order valence-electron chi connectivity index (χ1n) is 7.90. The quantitative estimate of drug-likeness (QED) is 0.613. The number of halogens is 1. The molecule has 0 spiro atoms. The maximum absolute atomic E-state index is 12.9. The van der Waals surface area contributed by atoms with Crippen molar-refractivity contribution in [1.29, 1.82) is 0 Å². The minimum absolute atomic E-state index is 0.282. The molecule has 1 N–H and O–H groups in total. The van der Waals surface area contributed by atoms with Crippen LogP contribution in [0.3, 0.4) is 0 Å². The molecule has 0 radical (unpaired) electrons. The van der Waals surface area contributed by atoms with Crippen LogP contribution < -0.4 is 4.90 Å². The molecule has 1 heterocycles. The highest BCUT2D eigenvalue weighted by molar-refractivity contribution is 9.10. The van der Waals surface area contributed by atoms with E-state index in [0.29, 0.717) is 23.4 Å². The molecule has 25 heavy (non-hydrogen) atoms. The zero-order valence-electron chi connectivity index (χ0n) is 13.8. The molecule has 2 aromatic carbocycles. The zero-order chi connectivity index (χ0) is 18.2. The molecule has 1 atom stereocenters. The molecule has 0 saturated heterocycles. The predicted molar refractivity (Wildman–Crippen MR) is 101 cm³/mol. The zero-order valence-corrected chi connectivity index (χ0v) is 15.4. The summed E-state index contributed by atoms with van der Waals surface area (Å²) in [6, 6.07) is 13.9. The molecule has 4 nitrogen and oxygen atoms in total. The van der Waals surface area contributed by atoms with Crippen LogP contribution in [0.25, 0.3) is 0 Å². The molecule has 0 saturated carbocycles. The lowest BCUT2D eigenvalue weighted by atomic mass is 9.88. The van der Waals surface area contributed by atoms with Gasteiger partial charge < -0.3 is 10.0 Å². The van der Waals surface area contributed by atoms with Crippen LogP contribution in [0, 0.1) is 0 Å². The number of benzene rings is 2. The standard InChI is InChI=1S/C20H18BrNO3/c1-13(2)12-22-17-6-4-3-5-16(17)20(25,19(22)24)11-18(23)14-7-9-15(21)10-8-14/h3-10,25H,1,11-12H2,2H3/t20-/m0/s1. The van der Waals surface area contributed by atoms with E-state index in [1.165, 1.54) is 4.90 Å². The van der Waals surface area contributed by atoms with E-state index >= 15 is 0 Å². The highest BCUT2D eigenvalue weighted by Gasteiger charge is 2.50. The number of hydrogen-bond donors (Lipinski definition) is 1. The highest BCUT2D eigenvalue weighted by Crippen LogP contribution is 2.43. The summed E-state index contributed by atoms with van der Waals surface area (Å²) in [5.41, 5.74) is 0.496. The Hall–Kier alpha value is -2.24. The molecule has 1 aliphatic heterocycles. The van der Waals surface area contributed by atoms with E-state index in [4.69, 9.17) is 0 Å². The van der Waals surface area contributed by atoms with E-state index in [9.17, 15) is 14.7 Å². The van der Waals surface area contributed by atoms with Gasteiger partial charge in [0.25, 0.3) is 5.91 Å². The number of nitrogens with zero attached hydrogens (tertiary/aromatic N) is 1. The first-order chi connectivity index (χ1) is 11.8. The van der Waals surface area contributed by atoms with Crippen LogP contribution in [0.5, 0.6) is 0 Å². The van der Waals surface area contributed by atoms with E-state index in [1.807, 2.05) is 6.92 Å². The van der Waals surface area contributed by atoms with Crippen molar-refractivity contribution >= 4 is 33.3 Å². The Morgan fingerprint density at radius 2 is 1.84 bits per heavy atom. The Morgan fingerprint density at radius 3 is 2.48 bits per heavy atom. The average Bonchev–Trinajstić information content (AvgIpc) is 2.77. The number of hydrogen-bond acceptors (Lipinski definition) is 3. The van der Waals surface area contributed by atoms with Gasteiger partial charge in [-0.15, -0.1) is 0 Å². The van der Waals surface area contributed by atoms with E-state index in [1.54, 1.807) is 48.5 Å². The third-order valence-electron chi connectivity index (χ3n) is 4.25. The number of rotatable bonds is 5. The molecular formula is C20H18BrNO3. The Bertz CT molecular complexity index is 859. The molecule has 5 heteroatoms. The monoisotopic (exact) mass is 399 g/mol. The van der Waals surface area contributed by atoms with Crippen LogP contribution in [-0.4, -0.2) is 23.3 Å². The molecule has 0 aromatic heterocycles. The van der Waals surface area contributed by atoms with Gasteiger partial charge in [0.2, 0.25) is 0 Å². The van der Waals surface area contributed by atoms with Crippen LogP contribution in [0.4, 0.5) is 5.69 Å². The Labute approximate surface area is 154 Å². The summed E-state index contributed by atoms with van der Waals surface area (Å²) in [4.78, 5) is 27.0. The lowest BCUT2D eigenvalue weighted by Crippen LogP contribution is -2.42. The van der Waals surface area contributed by atoms with Gasteiger partial charge in [0.15, 0.2) is 11.4 Å². The van der Waals surface area contributed by atoms with Gasteiger partial charge in [0.1, 0.15) is 0 Å². The molecule has 1 amide bonds. The Morgan fingerprint density at radius 1 is 1.20 bits per heavy atom. The third kappa shape index (κ3) is 3.17. The molecule has 0 unspecified atom stereocenters. The van der Waals surface area contributed by atoms with Crippen LogP contribution in [0.1, 0.15) is 29.3 Å². The van der Waals surface area contributed by atoms with Gasteiger partial charge in [0.05, 0.1) is 12.1 Å². The maximum Gasteiger partial charge on any atom is 0.264 e. The van der Waals surface area contributed by atoms with Gasteiger partial charge in [-0.05, 0) is 25.1 Å². The van der Waals surface area contributed by atoms with Crippen LogP contribution in [0.2, 0.25) is 0 Å². The number of carbonyl (C=O) groups is 2.